The lowest BCUT2D eigenvalue weighted by Gasteiger charge is -2.20. The number of alkyl halides is 3. The quantitative estimate of drug-likeness (QED) is 0.132. The molecule has 1 unspecified atom stereocenters. The van der Waals surface area contributed by atoms with Gasteiger partial charge in [-0.3, -0.25) is 13.6 Å². The lowest BCUT2D eigenvalue weighted by molar-refractivity contribution is -0.142. The zero-order valence-electron chi connectivity index (χ0n) is 23.9. The van der Waals surface area contributed by atoms with E-state index < -0.39 is 80.4 Å². The minimum atomic E-state index is -4.92. The molecule has 0 spiro atoms. The molecule has 0 radical (unpaired) electrons. The maximum Gasteiger partial charge on any atom is 0.435 e. The van der Waals surface area contributed by atoms with E-state index in [9.17, 15) is 39.7 Å². The number of amides is 1. The van der Waals surface area contributed by atoms with E-state index in [1.54, 1.807) is 18.2 Å². The Labute approximate surface area is 259 Å². The number of hydrogen-bond acceptors (Lipinski definition) is 5. The van der Waals surface area contributed by atoms with Gasteiger partial charge in [-0.1, -0.05) is 18.2 Å². The molecule has 16 heteroatoms. The molecule has 0 aliphatic rings. The van der Waals surface area contributed by atoms with Crippen LogP contribution in [0.4, 0.5) is 30.7 Å². The molecule has 5 aromatic rings. The van der Waals surface area contributed by atoms with Gasteiger partial charge in [0.05, 0.1) is 34.9 Å². The van der Waals surface area contributed by atoms with E-state index in [1.165, 1.54) is 38.4 Å². The van der Waals surface area contributed by atoms with E-state index in [0.717, 1.165) is 32.5 Å². The van der Waals surface area contributed by atoms with Crippen molar-refractivity contribution >= 4 is 16.7 Å². The largest absolute Gasteiger partial charge is 0.439 e. The zero-order chi connectivity index (χ0) is 33.3. The Hall–Kier alpha value is -4.99. The topological polar surface area (TPSA) is 82.2 Å². The second-order valence-corrected chi connectivity index (χ2v) is 11.2. The smallest absolute Gasteiger partial charge is 0.435 e. The fourth-order valence-electron chi connectivity index (χ4n) is 4.54. The van der Waals surface area contributed by atoms with Crippen molar-refractivity contribution in [1.82, 2.24) is 24.2 Å². The van der Waals surface area contributed by atoms with Gasteiger partial charge in [0.15, 0.2) is 17.3 Å². The highest BCUT2D eigenvalue weighted by Crippen LogP contribution is 2.38. The molecule has 3 aromatic carbocycles. The van der Waals surface area contributed by atoms with E-state index >= 15 is 0 Å². The first-order valence-electron chi connectivity index (χ1n) is 13.2. The van der Waals surface area contributed by atoms with Crippen LogP contribution in [-0.2, 0) is 36.3 Å². The molecule has 5 rings (SSSR count). The fraction of sp³-hybridized carbons (Fsp3) is 0.167. The standard InChI is InChI=1S/C30H22F7N5O3S/c1-40(15-20-26(30(35,36)37)39-41(2)28(20)45-19-6-4-3-5-7-19)27(43)24-14-38-29(42(24)18-10-8-17(31)9-11-18)46(44)16-21-22(32)12-13-23(33)25(21)34/h3-14H,15-16H2,1-2H3. The molecular formula is C30H22F7N5O3S. The van der Waals surface area contributed by atoms with Crippen LogP contribution < -0.4 is 4.74 Å². The van der Waals surface area contributed by atoms with Crippen LogP contribution in [0.15, 0.2) is 78.1 Å². The third-order valence-corrected chi connectivity index (χ3v) is 7.95. The van der Waals surface area contributed by atoms with Gasteiger partial charge in [0.1, 0.15) is 23.1 Å². The molecule has 0 aliphatic heterocycles. The zero-order valence-corrected chi connectivity index (χ0v) is 24.7. The number of nitrogens with zero attached hydrogens (tertiary/aromatic N) is 5. The molecular weight excluding hydrogens is 643 g/mol. The van der Waals surface area contributed by atoms with E-state index in [0.29, 0.717) is 12.1 Å². The summed E-state index contributed by atoms with van der Waals surface area (Å²) >= 11 is 0. The van der Waals surface area contributed by atoms with Gasteiger partial charge in [-0.05, 0) is 48.5 Å². The van der Waals surface area contributed by atoms with E-state index in [2.05, 4.69) is 10.1 Å². The van der Waals surface area contributed by atoms with Gasteiger partial charge in [0.2, 0.25) is 11.0 Å². The summed E-state index contributed by atoms with van der Waals surface area (Å²) in [7, 11) is 0.0294. The Kier molecular flexibility index (Phi) is 9.01. The lowest BCUT2D eigenvalue weighted by atomic mass is 10.2. The maximum absolute atomic E-state index is 14.4. The summed E-state index contributed by atoms with van der Waals surface area (Å²) in [5.74, 6) is -6.66. The summed E-state index contributed by atoms with van der Waals surface area (Å²) in [6.07, 6.45) is -3.96. The average molecular weight is 666 g/mol. The summed E-state index contributed by atoms with van der Waals surface area (Å²) in [6.45, 7) is -0.670. The first kappa shape index (κ1) is 32.4. The number of hydrogen-bond donors (Lipinski definition) is 0. The predicted octanol–water partition coefficient (Wildman–Crippen LogP) is 6.55. The van der Waals surface area contributed by atoms with Crippen LogP contribution in [0.3, 0.4) is 0 Å². The Morgan fingerprint density at radius 3 is 2.24 bits per heavy atom. The number of carbonyl (C=O) groups is 1. The number of aryl methyl sites for hydroxylation is 1. The maximum atomic E-state index is 14.4. The van der Waals surface area contributed by atoms with E-state index in [-0.39, 0.29) is 23.0 Å². The van der Waals surface area contributed by atoms with Crippen molar-refractivity contribution in [3.63, 3.8) is 0 Å². The molecule has 1 atom stereocenters. The summed E-state index contributed by atoms with van der Waals surface area (Å²) in [5, 5.41) is 3.15. The number of imidazole rings is 1. The molecule has 240 valence electrons. The van der Waals surface area contributed by atoms with Gasteiger partial charge in [-0.2, -0.15) is 18.3 Å². The monoisotopic (exact) mass is 665 g/mol. The van der Waals surface area contributed by atoms with Crippen molar-refractivity contribution in [3.05, 3.63) is 119 Å². The first-order valence-corrected chi connectivity index (χ1v) is 14.5. The van der Waals surface area contributed by atoms with Gasteiger partial charge in [-0.15, -0.1) is 0 Å². The third kappa shape index (κ3) is 6.51. The van der Waals surface area contributed by atoms with Gasteiger partial charge < -0.3 is 9.64 Å². The highest BCUT2D eigenvalue weighted by molar-refractivity contribution is 7.84. The Morgan fingerprint density at radius 2 is 1.59 bits per heavy atom. The van der Waals surface area contributed by atoms with Crippen molar-refractivity contribution < 1.29 is 44.5 Å². The number of ether oxygens (including phenoxy) is 1. The molecule has 2 aromatic heterocycles. The van der Waals surface area contributed by atoms with Crippen LogP contribution in [0.25, 0.3) is 5.69 Å². The summed E-state index contributed by atoms with van der Waals surface area (Å²) < 4.78 is 119. The third-order valence-electron chi connectivity index (χ3n) is 6.71. The molecule has 0 bridgehead atoms. The second-order valence-electron chi connectivity index (χ2n) is 9.88. The van der Waals surface area contributed by atoms with E-state index in [1.807, 2.05) is 0 Å². The Bertz CT molecular complexity index is 1930. The van der Waals surface area contributed by atoms with Crippen LogP contribution in [-0.4, -0.2) is 41.4 Å². The molecule has 0 fully saturated rings. The van der Waals surface area contributed by atoms with Crippen molar-refractivity contribution in [3.8, 4) is 17.3 Å². The van der Waals surface area contributed by atoms with Crippen LogP contribution in [0.5, 0.6) is 11.6 Å². The average Bonchev–Trinajstić information content (AvgIpc) is 3.59. The van der Waals surface area contributed by atoms with Gasteiger partial charge >= 0.3 is 6.18 Å². The molecule has 0 aliphatic carbocycles. The van der Waals surface area contributed by atoms with Crippen molar-refractivity contribution in [2.45, 2.75) is 23.6 Å². The summed E-state index contributed by atoms with van der Waals surface area (Å²) in [4.78, 5) is 18.7. The van der Waals surface area contributed by atoms with Crippen LogP contribution >= 0.6 is 0 Å². The van der Waals surface area contributed by atoms with Gasteiger partial charge in [0.25, 0.3) is 5.91 Å². The SMILES string of the molecule is CN(Cc1c(C(F)(F)F)nn(C)c1Oc1ccccc1)C(=O)c1cnc(S(=O)Cc2c(F)ccc(F)c2F)n1-c1ccc(F)cc1. The highest BCUT2D eigenvalue weighted by atomic mass is 32.2. The minimum absolute atomic E-state index is 0.0460. The van der Waals surface area contributed by atoms with Crippen LogP contribution in [0, 0.1) is 23.3 Å². The molecule has 0 N–H and O–H groups in total. The summed E-state index contributed by atoms with van der Waals surface area (Å²) in [6, 6.07) is 13.6. The molecule has 8 nitrogen and oxygen atoms in total. The minimum Gasteiger partial charge on any atom is -0.439 e. The number of rotatable bonds is 9. The van der Waals surface area contributed by atoms with Crippen molar-refractivity contribution in [1.29, 1.82) is 0 Å². The molecule has 46 heavy (non-hydrogen) atoms. The van der Waals surface area contributed by atoms with Gasteiger partial charge in [-0.25, -0.2) is 27.2 Å². The van der Waals surface area contributed by atoms with E-state index in [4.69, 9.17) is 4.74 Å². The lowest BCUT2D eigenvalue weighted by Crippen LogP contribution is -2.29. The number of halogens is 7. The Morgan fingerprint density at radius 1 is 0.935 bits per heavy atom. The Balaban J connectivity index is 1.54. The molecule has 1 amide bonds. The van der Waals surface area contributed by atoms with Crippen molar-refractivity contribution in [2.24, 2.45) is 7.05 Å². The fourth-order valence-corrected chi connectivity index (χ4v) is 5.77. The van der Waals surface area contributed by atoms with Crippen LogP contribution in [0.2, 0.25) is 0 Å². The van der Waals surface area contributed by atoms with Gasteiger partial charge in [0, 0.05) is 25.3 Å². The second kappa shape index (κ2) is 12.8. The molecule has 2 heterocycles. The highest BCUT2D eigenvalue weighted by Gasteiger charge is 2.40. The first-order chi connectivity index (χ1) is 21.8. The number of carbonyl (C=O) groups excluding carboxylic acids is 1. The number of benzene rings is 3. The normalized spacial score (nSPS) is 12.3. The van der Waals surface area contributed by atoms with Crippen LogP contribution in [0.1, 0.15) is 27.3 Å². The summed E-state index contributed by atoms with van der Waals surface area (Å²) in [5.41, 5.74) is -2.89. The number of para-hydroxylation sites is 1. The van der Waals surface area contributed by atoms with Crippen molar-refractivity contribution in [2.75, 3.05) is 7.05 Å². The molecule has 0 saturated carbocycles. The number of aromatic nitrogens is 4. The predicted molar refractivity (Wildman–Crippen MR) is 150 cm³/mol. The molecule has 0 saturated heterocycles.